The van der Waals surface area contributed by atoms with Gasteiger partial charge in [-0.1, -0.05) is 20.8 Å². The molecule has 2 heterocycles. The molecule has 1 aliphatic rings. The zero-order valence-electron chi connectivity index (χ0n) is 13.1. The van der Waals surface area contributed by atoms with Crippen LogP contribution in [0.5, 0.6) is 0 Å². The van der Waals surface area contributed by atoms with E-state index in [9.17, 15) is 0 Å². The van der Waals surface area contributed by atoms with Crippen LogP contribution in [0, 0.1) is 11.3 Å². The largest absolute Gasteiger partial charge is 0.356 e. The second-order valence-corrected chi connectivity index (χ2v) is 6.60. The second-order valence-electron chi connectivity index (χ2n) is 6.60. The summed E-state index contributed by atoms with van der Waals surface area (Å²) in [6.07, 6.45) is 5.07. The van der Waals surface area contributed by atoms with Crippen molar-refractivity contribution in [3.8, 4) is 0 Å². The molecule has 0 saturated carbocycles. The summed E-state index contributed by atoms with van der Waals surface area (Å²) < 4.78 is 1.98. The maximum atomic E-state index is 4.41. The monoisotopic (exact) mass is 277 g/mol. The first kappa shape index (κ1) is 14.9. The SMILES string of the molecule is CN=C(NCC(C)Cn1cccn1)N1CCC(C)(C)C1. The molecule has 1 aromatic heterocycles. The summed E-state index contributed by atoms with van der Waals surface area (Å²) in [6.45, 7) is 10.9. The normalized spacial score (nSPS) is 20.2. The second kappa shape index (κ2) is 6.29. The van der Waals surface area contributed by atoms with Gasteiger partial charge < -0.3 is 10.2 Å². The highest BCUT2D eigenvalue weighted by atomic mass is 15.3. The number of hydrogen-bond donors (Lipinski definition) is 1. The molecule has 0 bridgehead atoms. The maximum Gasteiger partial charge on any atom is 0.193 e. The van der Waals surface area contributed by atoms with E-state index in [1.165, 1.54) is 6.42 Å². The lowest BCUT2D eigenvalue weighted by atomic mass is 9.93. The molecule has 0 aliphatic carbocycles. The average molecular weight is 277 g/mol. The molecule has 112 valence electrons. The van der Waals surface area contributed by atoms with Crippen molar-refractivity contribution < 1.29 is 0 Å². The van der Waals surface area contributed by atoms with E-state index in [1.807, 2.05) is 30.2 Å². The average Bonchev–Trinajstić information content (AvgIpc) is 3.00. The summed E-state index contributed by atoms with van der Waals surface area (Å²) >= 11 is 0. The van der Waals surface area contributed by atoms with Crippen LogP contribution in [0.4, 0.5) is 0 Å². The molecule has 5 heteroatoms. The molecule has 0 spiro atoms. The van der Waals surface area contributed by atoms with Gasteiger partial charge in [0.25, 0.3) is 0 Å². The fraction of sp³-hybridized carbons (Fsp3) is 0.733. The summed E-state index contributed by atoms with van der Waals surface area (Å²) in [5, 5.41) is 7.74. The summed E-state index contributed by atoms with van der Waals surface area (Å²) in [5.41, 5.74) is 0.401. The summed E-state index contributed by atoms with van der Waals surface area (Å²) in [5.74, 6) is 1.55. The van der Waals surface area contributed by atoms with Gasteiger partial charge >= 0.3 is 0 Å². The molecule has 1 atom stereocenters. The van der Waals surface area contributed by atoms with Gasteiger partial charge in [-0.2, -0.15) is 5.10 Å². The van der Waals surface area contributed by atoms with E-state index >= 15 is 0 Å². The Bertz CT molecular complexity index is 435. The maximum absolute atomic E-state index is 4.41. The van der Waals surface area contributed by atoms with E-state index in [4.69, 9.17) is 0 Å². The van der Waals surface area contributed by atoms with Gasteiger partial charge in [0.05, 0.1) is 0 Å². The van der Waals surface area contributed by atoms with E-state index in [1.54, 1.807) is 0 Å². The van der Waals surface area contributed by atoms with Gasteiger partial charge in [0.1, 0.15) is 0 Å². The van der Waals surface area contributed by atoms with Gasteiger partial charge in [0.15, 0.2) is 5.96 Å². The Morgan fingerprint density at radius 1 is 1.50 bits per heavy atom. The number of likely N-dealkylation sites (tertiary alicyclic amines) is 1. The lowest BCUT2D eigenvalue weighted by molar-refractivity contribution is 0.366. The van der Waals surface area contributed by atoms with Crippen LogP contribution in [0.3, 0.4) is 0 Å². The van der Waals surface area contributed by atoms with Crippen molar-refractivity contribution in [3.63, 3.8) is 0 Å². The van der Waals surface area contributed by atoms with Crippen molar-refractivity contribution in [3.05, 3.63) is 18.5 Å². The smallest absolute Gasteiger partial charge is 0.193 e. The Kier molecular flexibility index (Phi) is 4.68. The first-order chi connectivity index (χ1) is 9.50. The number of guanidine groups is 1. The Morgan fingerprint density at radius 2 is 2.30 bits per heavy atom. The van der Waals surface area contributed by atoms with Crippen molar-refractivity contribution in [2.45, 2.75) is 33.7 Å². The van der Waals surface area contributed by atoms with Crippen molar-refractivity contribution in [2.24, 2.45) is 16.3 Å². The van der Waals surface area contributed by atoms with Gasteiger partial charge in [-0.05, 0) is 23.8 Å². The van der Waals surface area contributed by atoms with Crippen LogP contribution in [0.25, 0.3) is 0 Å². The van der Waals surface area contributed by atoms with Gasteiger partial charge in [-0.15, -0.1) is 0 Å². The number of hydrogen-bond acceptors (Lipinski definition) is 2. The van der Waals surface area contributed by atoms with Crippen LogP contribution in [-0.2, 0) is 6.54 Å². The number of nitrogens with one attached hydrogen (secondary N) is 1. The molecule has 1 unspecified atom stereocenters. The molecule has 20 heavy (non-hydrogen) atoms. The minimum absolute atomic E-state index is 0.401. The van der Waals surface area contributed by atoms with Crippen LogP contribution in [0.1, 0.15) is 27.2 Å². The summed E-state index contributed by atoms with van der Waals surface area (Å²) in [4.78, 5) is 6.78. The van der Waals surface area contributed by atoms with Crippen LogP contribution in [0.15, 0.2) is 23.5 Å². The quantitative estimate of drug-likeness (QED) is 0.674. The molecule has 5 nitrogen and oxygen atoms in total. The molecule has 2 rings (SSSR count). The van der Waals surface area contributed by atoms with Crippen LogP contribution in [-0.4, -0.2) is 47.3 Å². The van der Waals surface area contributed by atoms with E-state index in [-0.39, 0.29) is 0 Å². The highest BCUT2D eigenvalue weighted by Gasteiger charge is 2.30. The van der Waals surface area contributed by atoms with Gasteiger partial charge in [0.2, 0.25) is 0 Å². The fourth-order valence-electron chi connectivity index (χ4n) is 2.68. The third-order valence-electron chi connectivity index (χ3n) is 3.86. The highest BCUT2D eigenvalue weighted by Crippen LogP contribution is 2.28. The Balaban J connectivity index is 1.79. The lowest BCUT2D eigenvalue weighted by Crippen LogP contribution is -2.42. The third-order valence-corrected chi connectivity index (χ3v) is 3.86. The van der Waals surface area contributed by atoms with Crippen molar-refractivity contribution in [2.75, 3.05) is 26.7 Å². The molecular formula is C15H27N5. The van der Waals surface area contributed by atoms with E-state index in [0.717, 1.165) is 32.1 Å². The van der Waals surface area contributed by atoms with Crippen molar-refractivity contribution in [1.82, 2.24) is 20.0 Å². The minimum atomic E-state index is 0.401. The van der Waals surface area contributed by atoms with Crippen LogP contribution >= 0.6 is 0 Å². The molecule has 0 aromatic carbocycles. The molecule has 1 aliphatic heterocycles. The van der Waals surface area contributed by atoms with E-state index in [2.05, 4.69) is 41.1 Å². The van der Waals surface area contributed by atoms with E-state index < -0.39 is 0 Å². The Morgan fingerprint density at radius 3 is 2.85 bits per heavy atom. The molecule has 1 aromatic rings. The summed E-state index contributed by atoms with van der Waals surface area (Å²) in [7, 11) is 1.87. The Labute approximate surface area is 122 Å². The predicted molar refractivity (Wildman–Crippen MR) is 82.7 cm³/mol. The first-order valence-electron chi connectivity index (χ1n) is 7.43. The number of nitrogens with zero attached hydrogens (tertiary/aromatic N) is 4. The van der Waals surface area contributed by atoms with Gasteiger partial charge in [-0.25, -0.2) is 0 Å². The fourth-order valence-corrected chi connectivity index (χ4v) is 2.68. The van der Waals surface area contributed by atoms with Crippen molar-refractivity contribution in [1.29, 1.82) is 0 Å². The zero-order valence-corrected chi connectivity index (χ0v) is 13.1. The number of rotatable bonds is 4. The summed E-state index contributed by atoms with van der Waals surface area (Å²) in [6, 6.07) is 1.96. The third kappa shape index (κ3) is 3.99. The molecule has 1 fully saturated rings. The minimum Gasteiger partial charge on any atom is -0.356 e. The topological polar surface area (TPSA) is 45.5 Å². The number of aliphatic imine (C=N–C) groups is 1. The predicted octanol–water partition coefficient (Wildman–Crippen LogP) is 1.83. The highest BCUT2D eigenvalue weighted by molar-refractivity contribution is 5.80. The molecule has 1 saturated heterocycles. The molecular weight excluding hydrogens is 250 g/mol. The number of aromatic nitrogens is 2. The molecule has 1 N–H and O–H groups in total. The zero-order chi connectivity index (χ0) is 14.6. The Hall–Kier alpha value is -1.52. The van der Waals surface area contributed by atoms with Crippen LogP contribution < -0.4 is 5.32 Å². The van der Waals surface area contributed by atoms with Crippen molar-refractivity contribution >= 4 is 5.96 Å². The lowest BCUT2D eigenvalue weighted by Gasteiger charge is -2.24. The van der Waals surface area contributed by atoms with Gasteiger partial charge in [-0.3, -0.25) is 9.67 Å². The van der Waals surface area contributed by atoms with Crippen LogP contribution in [0.2, 0.25) is 0 Å². The molecule has 0 radical (unpaired) electrons. The first-order valence-corrected chi connectivity index (χ1v) is 7.43. The van der Waals surface area contributed by atoms with Gasteiger partial charge in [0, 0.05) is 45.6 Å². The van der Waals surface area contributed by atoms with E-state index in [0.29, 0.717) is 11.3 Å². The molecule has 0 amide bonds. The standard InChI is InChI=1S/C15H27N5/c1-13(11-20-8-5-7-18-20)10-17-14(16-4)19-9-6-15(2,3)12-19/h5,7-8,13H,6,9-12H2,1-4H3,(H,16,17).